The molecule has 0 aliphatic heterocycles. The first-order chi connectivity index (χ1) is 7.35. The van der Waals surface area contributed by atoms with E-state index in [2.05, 4.69) is 6.58 Å². The second kappa shape index (κ2) is 4.30. The molecule has 2 rings (SSSR count). The van der Waals surface area contributed by atoms with Crippen LogP contribution in [0.25, 0.3) is 0 Å². The van der Waals surface area contributed by atoms with Gasteiger partial charge in [-0.25, -0.2) is 0 Å². The molecule has 78 valence electrons. The molecule has 1 aliphatic rings. The van der Waals surface area contributed by atoms with Crippen molar-refractivity contribution in [2.24, 2.45) is 5.92 Å². The minimum absolute atomic E-state index is 0.241. The molecule has 0 spiro atoms. The van der Waals surface area contributed by atoms with E-state index in [0.717, 1.165) is 18.5 Å². The highest BCUT2D eigenvalue weighted by Gasteiger charge is 2.37. The van der Waals surface area contributed by atoms with Crippen LogP contribution in [0.3, 0.4) is 0 Å². The predicted molar refractivity (Wildman–Crippen MR) is 59.0 cm³/mol. The average molecular weight is 202 g/mol. The predicted octanol–water partition coefficient (Wildman–Crippen LogP) is 2.55. The minimum Gasteiger partial charge on any atom is -0.490 e. The minimum atomic E-state index is 0.241. The quantitative estimate of drug-likeness (QED) is 0.542. The van der Waals surface area contributed by atoms with Crippen LogP contribution < -0.4 is 4.74 Å². The molecule has 2 atom stereocenters. The number of aldehydes is 1. The summed E-state index contributed by atoms with van der Waals surface area (Å²) < 4.78 is 5.38. The molecule has 1 aromatic carbocycles. The van der Waals surface area contributed by atoms with Gasteiger partial charge in [0.05, 0.1) is 0 Å². The van der Waals surface area contributed by atoms with E-state index >= 15 is 0 Å². The van der Waals surface area contributed by atoms with Crippen molar-refractivity contribution in [3.8, 4) is 5.75 Å². The van der Waals surface area contributed by atoms with E-state index in [-0.39, 0.29) is 5.92 Å². The van der Waals surface area contributed by atoms with Crippen molar-refractivity contribution in [2.75, 3.05) is 6.61 Å². The van der Waals surface area contributed by atoms with Crippen LogP contribution in [-0.2, 0) is 4.79 Å². The first-order valence-electron chi connectivity index (χ1n) is 5.14. The van der Waals surface area contributed by atoms with Crippen LogP contribution in [0.4, 0.5) is 0 Å². The topological polar surface area (TPSA) is 26.3 Å². The summed E-state index contributed by atoms with van der Waals surface area (Å²) in [5.74, 6) is 1.53. The van der Waals surface area contributed by atoms with E-state index < -0.39 is 0 Å². The van der Waals surface area contributed by atoms with Crippen molar-refractivity contribution in [1.82, 2.24) is 0 Å². The van der Waals surface area contributed by atoms with Crippen molar-refractivity contribution in [3.05, 3.63) is 42.5 Å². The molecule has 1 saturated carbocycles. The number of rotatable bonds is 5. The Hall–Kier alpha value is -1.57. The number of carbonyl (C=O) groups is 1. The number of carbonyl (C=O) groups excluding carboxylic acids is 1. The van der Waals surface area contributed by atoms with Gasteiger partial charge in [0.2, 0.25) is 0 Å². The normalized spacial score (nSPS) is 23.2. The molecule has 0 saturated heterocycles. The van der Waals surface area contributed by atoms with Gasteiger partial charge in [-0.2, -0.15) is 0 Å². The molecule has 1 aromatic rings. The maximum Gasteiger partial charge on any atom is 0.123 e. The highest BCUT2D eigenvalue weighted by Crippen LogP contribution is 2.46. The van der Waals surface area contributed by atoms with Gasteiger partial charge in [0.25, 0.3) is 0 Å². The summed E-state index contributed by atoms with van der Waals surface area (Å²) in [6.45, 7) is 4.12. The highest BCUT2D eigenvalue weighted by molar-refractivity contribution is 5.61. The second-order valence-electron chi connectivity index (χ2n) is 3.81. The van der Waals surface area contributed by atoms with Gasteiger partial charge in [-0.1, -0.05) is 24.8 Å². The van der Waals surface area contributed by atoms with E-state index in [9.17, 15) is 4.79 Å². The van der Waals surface area contributed by atoms with Gasteiger partial charge in [0, 0.05) is 5.92 Å². The van der Waals surface area contributed by atoms with Gasteiger partial charge >= 0.3 is 0 Å². The molecule has 0 heterocycles. The van der Waals surface area contributed by atoms with Crippen LogP contribution >= 0.6 is 0 Å². The van der Waals surface area contributed by atoms with E-state index in [0.29, 0.717) is 12.5 Å². The summed E-state index contributed by atoms with van der Waals surface area (Å²) >= 11 is 0. The zero-order valence-electron chi connectivity index (χ0n) is 8.56. The number of benzene rings is 1. The highest BCUT2D eigenvalue weighted by atomic mass is 16.5. The SMILES string of the molecule is C=CCOc1ccc([C@@H]2C[C@H]2C=O)cc1. The molecule has 15 heavy (non-hydrogen) atoms. The zero-order valence-corrected chi connectivity index (χ0v) is 8.56. The Morgan fingerprint density at radius 3 is 2.67 bits per heavy atom. The average Bonchev–Trinajstić information content (AvgIpc) is 3.06. The summed E-state index contributed by atoms with van der Waals surface area (Å²) in [6.07, 6.45) is 3.76. The summed E-state index contributed by atoms with van der Waals surface area (Å²) in [5, 5.41) is 0. The number of hydrogen-bond donors (Lipinski definition) is 0. The Balaban J connectivity index is 1.98. The molecule has 0 unspecified atom stereocenters. The van der Waals surface area contributed by atoms with Crippen LogP contribution in [0.1, 0.15) is 17.9 Å². The van der Waals surface area contributed by atoms with Gasteiger partial charge in [0.15, 0.2) is 0 Å². The molecule has 1 fully saturated rings. The fourth-order valence-electron chi connectivity index (χ4n) is 1.71. The number of ether oxygens (including phenoxy) is 1. The summed E-state index contributed by atoms with van der Waals surface area (Å²) in [5.41, 5.74) is 1.23. The van der Waals surface area contributed by atoms with Crippen LogP contribution in [-0.4, -0.2) is 12.9 Å². The largest absolute Gasteiger partial charge is 0.490 e. The maximum atomic E-state index is 10.5. The van der Waals surface area contributed by atoms with Crippen LogP contribution in [0.15, 0.2) is 36.9 Å². The van der Waals surface area contributed by atoms with Crippen LogP contribution in [0.2, 0.25) is 0 Å². The molecule has 2 heteroatoms. The third-order valence-corrected chi connectivity index (χ3v) is 2.69. The lowest BCUT2D eigenvalue weighted by Crippen LogP contribution is -1.92. The summed E-state index contributed by atoms with van der Waals surface area (Å²) in [4.78, 5) is 10.5. The van der Waals surface area contributed by atoms with Crippen molar-refractivity contribution in [2.45, 2.75) is 12.3 Å². The summed E-state index contributed by atoms with van der Waals surface area (Å²) in [7, 11) is 0. The van der Waals surface area contributed by atoms with Gasteiger partial charge in [-0.15, -0.1) is 0 Å². The first kappa shape index (κ1) is 9.97. The van der Waals surface area contributed by atoms with Crippen molar-refractivity contribution in [3.63, 3.8) is 0 Å². The first-order valence-corrected chi connectivity index (χ1v) is 5.14. The zero-order chi connectivity index (χ0) is 10.7. The monoisotopic (exact) mass is 202 g/mol. The van der Waals surface area contributed by atoms with E-state index in [1.54, 1.807) is 6.08 Å². The van der Waals surface area contributed by atoms with Crippen LogP contribution in [0, 0.1) is 5.92 Å². The fraction of sp³-hybridized carbons (Fsp3) is 0.308. The van der Waals surface area contributed by atoms with Gasteiger partial charge < -0.3 is 9.53 Å². The molecule has 0 aromatic heterocycles. The lowest BCUT2D eigenvalue weighted by molar-refractivity contribution is -0.108. The Labute approximate surface area is 89.6 Å². The lowest BCUT2D eigenvalue weighted by atomic mass is 10.1. The van der Waals surface area contributed by atoms with Crippen LogP contribution in [0.5, 0.6) is 5.75 Å². The van der Waals surface area contributed by atoms with Gasteiger partial charge in [0.1, 0.15) is 18.6 Å². The molecular weight excluding hydrogens is 188 g/mol. The molecular formula is C13H14O2. The Morgan fingerprint density at radius 1 is 1.40 bits per heavy atom. The molecule has 0 bridgehead atoms. The standard InChI is InChI=1S/C13H14O2/c1-2-7-15-12-5-3-10(4-6-12)13-8-11(13)9-14/h2-6,9,11,13H,1,7-8H2/t11-,13-/m0/s1. The molecule has 0 N–H and O–H groups in total. The Bertz CT molecular complexity index is 353. The molecule has 0 amide bonds. The van der Waals surface area contributed by atoms with Gasteiger partial charge in [-0.05, 0) is 30.0 Å². The fourth-order valence-corrected chi connectivity index (χ4v) is 1.71. The second-order valence-corrected chi connectivity index (χ2v) is 3.81. The third kappa shape index (κ3) is 2.27. The van der Waals surface area contributed by atoms with E-state index in [4.69, 9.17) is 4.74 Å². The smallest absolute Gasteiger partial charge is 0.123 e. The van der Waals surface area contributed by atoms with E-state index in [1.807, 2.05) is 24.3 Å². The molecule has 2 nitrogen and oxygen atoms in total. The molecule has 1 aliphatic carbocycles. The van der Waals surface area contributed by atoms with E-state index in [1.165, 1.54) is 5.56 Å². The van der Waals surface area contributed by atoms with Crippen molar-refractivity contribution < 1.29 is 9.53 Å². The maximum absolute atomic E-state index is 10.5. The number of hydrogen-bond acceptors (Lipinski definition) is 2. The Morgan fingerprint density at radius 2 is 2.13 bits per heavy atom. The Kier molecular flexibility index (Phi) is 2.86. The van der Waals surface area contributed by atoms with Gasteiger partial charge in [-0.3, -0.25) is 0 Å². The van der Waals surface area contributed by atoms with Crippen molar-refractivity contribution >= 4 is 6.29 Å². The lowest BCUT2D eigenvalue weighted by Gasteiger charge is -2.04. The summed E-state index contributed by atoms with van der Waals surface area (Å²) in [6, 6.07) is 7.96. The molecule has 0 radical (unpaired) electrons. The van der Waals surface area contributed by atoms with Crippen molar-refractivity contribution in [1.29, 1.82) is 0 Å². The third-order valence-electron chi connectivity index (χ3n) is 2.69.